The van der Waals surface area contributed by atoms with E-state index in [-0.39, 0.29) is 36.4 Å². The summed E-state index contributed by atoms with van der Waals surface area (Å²) in [5.74, 6) is 0.596. The van der Waals surface area contributed by atoms with Crippen molar-refractivity contribution in [2.75, 3.05) is 40.3 Å². The maximum atomic E-state index is 11.5. The van der Waals surface area contributed by atoms with Gasteiger partial charge in [-0.3, -0.25) is 4.79 Å². The van der Waals surface area contributed by atoms with Crippen molar-refractivity contribution in [1.82, 2.24) is 15.5 Å². The molecule has 0 saturated carbocycles. The fourth-order valence-corrected chi connectivity index (χ4v) is 1.64. The van der Waals surface area contributed by atoms with Gasteiger partial charge in [-0.25, -0.2) is 4.99 Å². The Balaban J connectivity index is 0.00000484. The first-order valence-electron chi connectivity index (χ1n) is 7.47. The smallest absolute Gasteiger partial charge is 0.243 e. The minimum Gasteiger partial charge on any atom is -0.375 e. The standard InChI is InChI=1S/C16H26N4O2.HI/c1-4-17-16(19-12-15(21)20(2)3)18-10-11-22-13-14-8-6-5-7-9-14;/h5-9H,4,10-13H2,1-3H3,(H2,17,18,19);1H. The second-order valence-corrected chi connectivity index (χ2v) is 4.95. The van der Waals surface area contributed by atoms with Crippen LogP contribution in [0.3, 0.4) is 0 Å². The first-order valence-corrected chi connectivity index (χ1v) is 7.47. The van der Waals surface area contributed by atoms with Crippen molar-refractivity contribution in [2.45, 2.75) is 13.5 Å². The van der Waals surface area contributed by atoms with Crippen LogP contribution in [0.2, 0.25) is 0 Å². The van der Waals surface area contributed by atoms with Crippen molar-refractivity contribution in [3.05, 3.63) is 35.9 Å². The molecule has 0 heterocycles. The van der Waals surface area contributed by atoms with Gasteiger partial charge in [-0.1, -0.05) is 30.3 Å². The van der Waals surface area contributed by atoms with Crippen LogP contribution in [0, 0.1) is 0 Å². The monoisotopic (exact) mass is 434 g/mol. The minimum absolute atomic E-state index is 0. The number of ether oxygens (including phenoxy) is 1. The molecule has 0 aliphatic heterocycles. The molecule has 0 spiro atoms. The summed E-state index contributed by atoms with van der Waals surface area (Å²) in [6.07, 6.45) is 0. The predicted molar refractivity (Wildman–Crippen MR) is 104 cm³/mol. The Hall–Kier alpha value is -1.35. The molecule has 0 aliphatic rings. The maximum absolute atomic E-state index is 11.5. The summed E-state index contributed by atoms with van der Waals surface area (Å²) in [4.78, 5) is 17.3. The third-order valence-corrected chi connectivity index (χ3v) is 2.87. The Bertz CT molecular complexity index is 466. The summed E-state index contributed by atoms with van der Waals surface area (Å²) in [7, 11) is 3.44. The molecule has 0 bridgehead atoms. The lowest BCUT2D eigenvalue weighted by molar-refractivity contribution is -0.127. The number of carbonyl (C=O) groups is 1. The van der Waals surface area contributed by atoms with Crippen LogP contribution in [-0.4, -0.2) is 57.1 Å². The number of likely N-dealkylation sites (N-methyl/N-ethyl adjacent to an activating group) is 1. The lowest BCUT2D eigenvalue weighted by Gasteiger charge is -2.12. The van der Waals surface area contributed by atoms with Crippen molar-refractivity contribution in [3.63, 3.8) is 0 Å². The molecule has 1 rings (SSSR count). The quantitative estimate of drug-likeness (QED) is 0.282. The van der Waals surface area contributed by atoms with Crippen LogP contribution in [0.1, 0.15) is 12.5 Å². The summed E-state index contributed by atoms with van der Waals surface area (Å²) in [5.41, 5.74) is 1.15. The van der Waals surface area contributed by atoms with Crippen LogP contribution in [0.5, 0.6) is 0 Å². The number of carbonyl (C=O) groups excluding carboxylic acids is 1. The molecule has 0 atom stereocenters. The summed E-state index contributed by atoms with van der Waals surface area (Å²) >= 11 is 0. The Morgan fingerprint density at radius 2 is 1.91 bits per heavy atom. The van der Waals surface area contributed by atoms with E-state index in [1.54, 1.807) is 14.1 Å². The van der Waals surface area contributed by atoms with Crippen LogP contribution in [0.25, 0.3) is 0 Å². The number of rotatable bonds is 8. The fourth-order valence-electron chi connectivity index (χ4n) is 1.64. The highest BCUT2D eigenvalue weighted by Gasteiger charge is 2.03. The average molecular weight is 434 g/mol. The third-order valence-electron chi connectivity index (χ3n) is 2.87. The van der Waals surface area contributed by atoms with Crippen LogP contribution < -0.4 is 10.6 Å². The van der Waals surface area contributed by atoms with Gasteiger partial charge in [0, 0.05) is 27.2 Å². The van der Waals surface area contributed by atoms with Gasteiger partial charge in [-0.2, -0.15) is 0 Å². The number of aliphatic imine (C=N–C) groups is 1. The first-order chi connectivity index (χ1) is 10.6. The molecule has 1 aromatic rings. The SMILES string of the molecule is CCNC(=NCC(=O)N(C)C)NCCOCc1ccccc1.I. The average Bonchev–Trinajstić information content (AvgIpc) is 2.52. The van der Waals surface area contributed by atoms with E-state index in [2.05, 4.69) is 15.6 Å². The Morgan fingerprint density at radius 1 is 1.22 bits per heavy atom. The highest BCUT2D eigenvalue weighted by Crippen LogP contribution is 1.99. The van der Waals surface area contributed by atoms with E-state index in [9.17, 15) is 4.79 Å². The highest BCUT2D eigenvalue weighted by molar-refractivity contribution is 14.0. The van der Waals surface area contributed by atoms with Gasteiger partial charge >= 0.3 is 0 Å². The van der Waals surface area contributed by atoms with E-state index in [0.717, 1.165) is 12.1 Å². The van der Waals surface area contributed by atoms with Crippen molar-refractivity contribution in [2.24, 2.45) is 4.99 Å². The van der Waals surface area contributed by atoms with Gasteiger partial charge in [0.25, 0.3) is 0 Å². The van der Waals surface area contributed by atoms with Gasteiger partial charge in [0.2, 0.25) is 5.91 Å². The lowest BCUT2D eigenvalue weighted by Crippen LogP contribution is -2.39. The molecule has 130 valence electrons. The Kier molecular flexibility index (Phi) is 12.4. The number of guanidine groups is 1. The summed E-state index contributed by atoms with van der Waals surface area (Å²) in [5, 5.41) is 6.24. The van der Waals surface area contributed by atoms with Crippen LogP contribution in [0.4, 0.5) is 0 Å². The predicted octanol–water partition coefficient (Wildman–Crippen LogP) is 1.46. The molecule has 7 heteroatoms. The van der Waals surface area contributed by atoms with Crippen molar-refractivity contribution in [3.8, 4) is 0 Å². The van der Waals surface area contributed by atoms with Gasteiger partial charge in [0.05, 0.1) is 13.2 Å². The Morgan fingerprint density at radius 3 is 2.52 bits per heavy atom. The second kappa shape index (κ2) is 13.1. The van der Waals surface area contributed by atoms with E-state index in [1.807, 2.05) is 37.3 Å². The molecule has 2 N–H and O–H groups in total. The topological polar surface area (TPSA) is 66.0 Å². The van der Waals surface area contributed by atoms with Gasteiger partial charge in [-0.05, 0) is 12.5 Å². The van der Waals surface area contributed by atoms with E-state index < -0.39 is 0 Å². The van der Waals surface area contributed by atoms with Gasteiger partial charge in [0.15, 0.2) is 5.96 Å². The zero-order chi connectivity index (χ0) is 16.2. The molecule has 0 aromatic heterocycles. The van der Waals surface area contributed by atoms with E-state index in [4.69, 9.17) is 4.74 Å². The van der Waals surface area contributed by atoms with Crippen molar-refractivity contribution in [1.29, 1.82) is 0 Å². The van der Waals surface area contributed by atoms with Crippen LogP contribution in [0.15, 0.2) is 35.3 Å². The van der Waals surface area contributed by atoms with Gasteiger partial charge in [0.1, 0.15) is 6.54 Å². The molecule has 0 aliphatic carbocycles. The van der Waals surface area contributed by atoms with Gasteiger partial charge in [-0.15, -0.1) is 24.0 Å². The van der Waals surface area contributed by atoms with E-state index in [1.165, 1.54) is 4.90 Å². The fraction of sp³-hybridized carbons (Fsp3) is 0.500. The summed E-state index contributed by atoms with van der Waals surface area (Å²) in [6, 6.07) is 10.0. The molecule has 23 heavy (non-hydrogen) atoms. The number of hydrogen-bond donors (Lipinski definition) is 2. The molecule has 0 saturated heterocycles. The molecule has 0 unspecified atom stereocenters. The number of benzene rings is 1. The normalized spacial score (nSPS) is 10.7. The van der Waals surface area contributed by atoms with Crippen LogP contribution >= 0.6 is 24.0 Å². The van der Waals surface area contributed by atoms with Gasteiger partial charge < -0.3 is 20.3 Å². The summed E-state index contributed by atoms with van der Waals surface area (Å²) < 4.78 is 5.59. The van der Waals surface area contributed by atoms with Crippen molar-refractivity contribution >= 4 is 35.8 Å². The number of amides is 1. The first kappa shape index (κ1) is 21.6. The number of nitrogens with one attached hydrogen (secondary N) is 2. The molecule has 0 fully saturated rings. The number of nitrogens with zero attached hydrogens (tertiary/aromatic N) is 2. The zero-order valence-corrected chi connectivity index (χ0v) is 16.4. The minimum atomic E-state index is -0.0301. The number of hydrogen-bond acceptors (Lipinski definition) is 3. The second-order valence-electron chi connectivity index (χ2n) is 4.95. The summed E-state index contributed by atoms with van der Waals surface area (Å²) in [6.45, 7) is 4.65. The maximum Gasteiger partial charge on any atom is 0.243 e. The third kappa shape index (κ3) is 10.1. The molecule has 1 aromatic carbocycles. The van der Waals surface area contributed by atoms with Crippen LogP contribution in [-0.2, 0) is 16.1 Å². The molecule has 6 nitrogen and oxygen atoms in total. The molecule has 1 amide bonds. The zero-order valence-electron chi connectivity index (χ0n) is 14.0. The van der Waals surface area contributed by atoms with E-state index in [0.29, 0.717) is 25.7 Å². The molecular formula is C16H27IN4O2. The van der Waals surface area contributed by atoms with Crippen molar-refractivity contribution < 1.29 is 9.53 Å². The molecule has 0 radical (unpaired) electrons. The Labute approximate surface area is 155 Å². The highest BCUT2D eigenvalue weighted by atomic mass is 127. The lowest BCUT2D eigenvalue weighted by atomic mass is 10.2. The largest absolute Gasteiger partial charge is 0.375 e. The molecular weight excluding hydrogens is 407 g/mol. The number of halogens is 1. The van der Waals surface area contributed by atoms with E-state index >= 15 is 0 Å².